The molecule has 0 radical (unpaired) electrons. The van der Waals surface area contributed by atoms with E-state index in [0.717, 1.165) is 17.7 Å². The van der Waals surface area contributed by atoms with Crippen molar-refractivity contribution in [3.63, 3.8) is 0 Å². The largest absolute Gasteiger partial charge is 0.504 e. The molecule has 0 aliphatic rings. The minimum atomic E-state index is -0.448. The Morgan fingerprint density at radius 3 is 2.73 bits per heavy atom. The number of phenols is 1. The Kier molecular flexibility index (Phi) is 4.93. The third-order valence-corrected chi connectivity index (χ3v) is 4.27. The van der Waals surface area contributed by atoms with Gasteiger partial charge in [0.25, 0.3) is 0 Å². The van der Waals surface area contributed by atoms with E-state index in [0.29, 0.717) is 27.9 Å². The summed E-state index contributed by atoms with van der Waals surface area (Å²) in [7, 11) is 1.49. The third kappa shape index (κ3) is 3.39. The second-order valence-corrected chi connectivity index (χ2v) is 5.98. The van der Waals surface area contributed by atoms with Crippen LogP contribution in [-0.2, 0) is 17.6 Å². The molecule has 1 amide bonds. The van der Waals surface area contributed by atoms with Crippen LogP contribution in [0.4, 0.5) is 11.4 Å². The summed E-state index contributed by atoms with van der Waals surface area (Å²) < 4.78 is 5.16. The molecule has 26 heavy (non-hydrogen) atoms. The van der Waals surface area contributed by atoms with Crippen LogP contribution in [0, 0.1) is 0 Å². The quantitative estimate of drug-likeness (QED) is 0.633. The average molecular weight is 351 g/mol. The predicted octanol–water partition coefficient (Wildman–Crippen LogP) is 3.28. The highest BCUT2D eigenvalue weighted by atomic mass is 16.5. The zero-order valence-corrected chi connectivity index (χ0v) is 14.7. The monoisotopic (exact) mass is 351 g/mol. The van der Waals surface area contributed by atoms with Crippen molar-refractivity contribution in [1.29, 1.82) is 0 Å². The first-order chi connectivity index (χ1) is 12.5. The Bertz CT molecular complexity index is 970. The molecule has 0 saturated heterocycles. The van der Waals surface area contributed by atoms with Gasteiger partial charge >= 0.3 is 0 Å². The van der Waals surface area contributed by atoms with Gasteiger partial charge in [0.2, 0.25) is 5.91 Å². The van der Waals surface area contributed by atoms with Crippen molar-refractivity contribution in [3.05, 3.63) is 53.7 Å². The number of nitrogens with two attached hydrogens (primary N) is 1. The summed E-state index contributed by atoms with van der Waals surface area (Å²) in [5.74, 6) is -0.104. The zero-order valence-electron chi connectivity index (χ0n) is 14.7. The number of hydrogen-bond acceptors (Lipinski definition) is 5. The number of aromatic hydroxyl groups is 1. The number of pyridine rings is 1. The maximum absolute atomic E-state index is 11.5. The van der Waals surface area contributed by atoms with E-state index in [4.69, 9.17) is 10.5 Å². The first-order valence-electron chi connectivity index (χ1n) is 8.35. The second kappa shape index (κ2) is 7.31. The van der Waals surface area contributed by atoms with E-state index in [1.807, 2.05) is 24.3 Å². The van der Waals surface area contributed by atoms with E-state index in [1.54, 1.807) is 18.3 Å². The molecule has 3 aromatic rings. The van der Waals surface area contributed by atoms with Crippen LogP contribution in [0.1, 0.15) is 18.1 Å². The number of phenolic OH excluding ortho intramolecular Hbond substituents is 1. The first kappa shape index (κ1) is 17.5. The Balaban J connectivity index is 2.21. The normalized spacial score (nSPS) is 10.7. The molecule has 0 aliphatic carbocycles. The minimum absolute atomic E-state index is 0.00449. The van der Waals surface area contributed by atoms with E-state index in [2.05, 4.69) is 17.2 Å². The van der Waals surface area contributed by atoms with Crippen molar-refractivity contribution in [1.82, 2.24) is 4.98 Å². The Morgan fingerprint density at radius 2 is 2.04 bits per heavy atom. The highest BCUT2D eigenvalue weighted by Gasteiger charge is 2.15. The summed E-state index contributed by atoms with van der Waals surface area (Å²) in [4.78, 5) is 15.9. The number of methoxy groups -OCH3 is 1. The summed E-state index contributed by atoms with van der Waals surface area (Å²) in [5, 5.41) is 14.3. The molecule has 0 aliphatic heterocycles. The van der Waals surface area contributed by atoms with Crippen molar-refractivity contribution in [2.45, 2.75) is 19.8 Å². The molecular weight excluding hydrogens is 330 g/mol. The Hall–Kier alpha value is -3.28. The Labute approximate surface area is 151 Å². The number of carbonyl (C=O) groups excluding carboxylic acids is 1. The van der Waals surface area contributed by atoms with Gasteiger partial charge in [-0.3, -0.25) is 9.78 Å². The van der Waals surface area contributed by atoms with Crippen LogP contribution >= 0.6 is 0 Å². The number of hydrogen-bond donors (Lipinski definition) is 3. The second-order valence-electron chi connectivity index (χ2n) is 5.98. The lowest BCUT2D eigenvalue weighted by Crippen LogP contribution is -2.15. The molecule has 0 saturated carbocycles. The highest BCUT2D eigenvalue weighted by Crippen LogP contribution is 2.37. The molecule has 6 heteroatoms. The SMILES string of the molecule is CCc1ccccc1Nc1c(CC(N)=O)cnc2cc(OC)c(O)cc12. The van der Waals surface area contributed by atoms with Crippen molar-refractivity contribution < 1.29 is 14.6 Å². The molecule has 0 fully saturated rings. The van der Waals surface area contributed by atoms with E-state index in [-0.39, 0.29) is 12.2 Å². The van der Waals surface area contributed by atoms with Gasteiger partial charge in [-0.05, 0) is 24.1 Å². The third-order valence-electron chi connectivity index (χ3n) is 4.27. The van der Waals surface area contributed by atoms with Crippen LogP contribution in [0.3, 0.4) is 0 Å². The maximum atomic E-state index is 11.5. The number of para-hydroxylation sites is 1. The standard InChI is InChI=1S/C20H21N3O3/c1-3-12-6-4-5-7-15(12)23-20-13(8-19(21)25)11-22-16-10-18(26-2)17(24)9-14(16)20/h4-7,9-11,24H,3,8H2,1-2H3,(H2,21,25)(H,22,23). The van der Waals surface area contributed by atoms with Crippen LogP contribution in [0.5, 0.6) is 11.5 Å². The van der Waals surface area contributed by atoms with Gasteiger partial charge < -0.3 is 20.9 Å². The number of nitrogens with one attached hydrogen (secondary N) is 1. The first-order valence-corrected chi connectivity index (χ1v) is 8.35. The number of primary amides is 1. The van der Waals surface area contributed by atoms with Crippen molar-refractivity contribution in [3.8, 4) is 11.5 Å². The van der Waals surface area contributed by atoms with Gasteiger partial charge in [0.05, 0.1) is 24.7 Å². The molecule has 0 unspecified atom stereocenters. The fraction of sp³-hybridized carbons (Fsp3) is 0.200. The number of fused-ring (bicyclic) bond motifs is 1. The number of aryl methyl sites for hydroxylation is 1. The average Bonchev–Trinajstić information content (AvgIpc) is 2.63. The van der Waals surface area contributed by atoms with Crippen LogP contribution in [0.15, 0.2) is 42.6 Å². The van der Waals surface area contributed by atoms with E-state index in [1.165, 1.54) is 7.11 Å². The lowest BCUT2D eigenvalue weighted by Gasteiger charge is -2.17. The number of anilines is 2. The van der Waals surface area contributed by atoms with Crippen LogP contribution < -0.4 is 15.8 Å². The van der Waals surface area contributed by atoms with Gasteiger partial charge in [-0.2, -0.15) is 0 Å². The molecule has 2 aromatic carbocycles. The molecule has 0 spiro atoms. The molecule has 1 aromatic heterocycles. The molecular formula is C20H21N3O3. The molecule has 0 bridgehead atoms. The van der Waals surface area contributed by atoms with Gasteiger partial charge in [-0.25, -0.2) is 0 Å². The molecule has 1 heterocycles. The number of amides is 1. The molecule has 0 atom stereocenters. The fourth-order valence-corrected chi connectivity index (χ4v) is 2.97. The number of rotatable bonds is 6. The lowest BCUT2D eigenvalue weighted by molar-refractivity contribution is -0.117. The van der Waals surface area contributed by atoms with Crippen LogP contribution in [-0.4, -0.2) is 23.1 Å². The van der Waals surface area contributed by atoms with E-state index in [9.17, 15) is 9.90 Å². The van der Waals surface area contributed by atoms with Gasteiger partial charge in [0.1, 0.15) is 0 Å². The van der Waals surface area contributed by atoms with Gasteiger partial charge in [-0.1, -0.05) is 25.1 Å². The summed E-state index contributed by atoms with van der Waals surface area (Å²) >= 11 is 0. The highest BCUT2D eigenvalue weighted by molar-refractivity contribution is 5.98. The summed E-state index contributed by atoms with van der Waals surface area (Å²) in [6.45, 7) is 2.08. The summed E-state index contributed by atoms with van der Waals surface area (Å²) in [6, 6.07) is 11.2. The maximum Gasteiger partial charge on any atom is 0.221 e. The lowest BCUT2D eigenvalue weighted by atomic mass is 10.0. The number of aromatic nitrogens is 1. The number of benzene rings is 2. The van der Waals surface area contributed by atoms with Gasteiger partial charge in [-0.15, -0.1) is 0 Å². The van der Waals surface area contributed by atoms with Crippen molar-refractivity contribution in [2.75, 3.05) is 12.4 Å². The van der Waals surface area contributed by atoms with E-state index >= 15 is 0 Å². The fourth-order valence-electron chi connectivity index (χ4n) is 2.97. The van der Waals surface area contributed by atoms with Crippen LogP contribution in [0.25, 0.3) is 10.9 Å². The number of nitrogens with zero attached hydrogens (tertiary/aromatic N) is 1. The smallest absolute Gasteiger partial charge is 0.221 e. The Morgan fingerprint density at radius 1 is 1.27 bits per heavy atom. The molecule has 3 rings (SSSR count). The predicted molar refractivity (Wildman–Crippen MR) is 102 cm³/mol. The topological polar surface area (TPSA) is 97.5 Å². The van der Waals surface area contributed by atoms with Gasteiger partial charge in [0.15, 0.2) is 11.5 Å². The van der Waals surface area contributed by atoms with E-state index < -0.39 is 5.91 Å². The summed E-state index contributed by atoms with van der Waals surface area (Å²) in [6.07, 6.45) is 2.53. The molecule has 6 nitrogen and oxygen atoms in total. The van der Waals surface area contributed by atoms with Crippen LogP contribution in [0.2, 0.25) is 0 Å². The summed E-state index contributed by atoms with van der Waals surface area (Å²) in [5.41, 5.74) is 9.48. The zero-order chi connectivity index (χ0) is 18.7. The van der Waals surface area contributed by atoms with Crippen molar-refractivity contribution in [2.24, 2.45) is 5.73 Å². The number of carbonyl (C=O) groups is 1. The molecule has 4 N–H and O–H groups in total. The van der Waals surface area contributed by atoms with Gasteiger partial charge in [0, 0.05) is 28.9 Å². The molecule has 134 valence electrons. The number of ether oxygens (including phenoxy) is 1. The van der Waals surface area contributed by atoms with Crippen molar-refractivity contribution >= 4 is 28.2 Å². The minimum Gasteiger partial charge on any atom is -0.504 e.